The summed E-state index contributed by atoms with van der Waals surface area (Å²) in [6.45, 7) is 3.78. The first-order valence-electron chi connectivity index (χ1n) is 12.5. The fraction of sp³-hybridized carbons (Fsp3) is 0.481. The Hall–Kier alpha value is -3.01. The summed E-state index contributed by atoms with van der Waals surface area (Å²) in [5, 5.41) is 3.05. The van der Waals surface area contributed by atoms with Crippen molar-refractivity contribution in [3.8, 4) is 0 Å². The molecule has 2 aromatic rings. The molecule has 37 heavy (non-hydrogen) atoms. The summed E-state index contributed by atoms with van der Waals surface area (Å²) >= 11 is 0. The Morgan fingerprint density at radius 2 is 1.76 bits per heavy atom. The second kappa shape index (κ2) is 12.5. The summed E-state index contributed by atoms with van der Waals surface area (Å²) in [5.74, 6) is -2.75. The maximum Gasteiger partial charge on any atom is 0.242 e. The van der Waals surface area contributed by atoms with Crippen molar-refractivity contribution in [2.24, 2.45) is 0 Å². The van der Waals surface area contributed by atoms with E-state index in [2.05, 4.69) is 5.32 Å². The van der Waals surface area contributed by atoms with Gasteiger partial charge in [-0.3, -0.25) is 13.9 Å². The van der Waals surface area contributed by atoms with Gasteiger partial charge in [-0.25, -0.2) is 17.2 Å². The first-order valence-corrected chi connectivity index (χ1v) is 14.4. The summed E-state index contributed by atoms with van der Waals surface area (Å²) in [7, 11) is -3.81. The summed E-state index contributed by atoms with van der Waals surface area (Å²) in [4.78, 5) is 27.9. The Morgan fingerprint density at radius 1 is 1.08 bits per heavy atom. The number of hydrogen-bond acceptors (Lipinski definition) is 4. The van der Waals surface area contributed by atoms with Crippen molar-refractivity contribution < 1.29 is 26.8 Å². The van der Waals surface area contributed by atoms with E-state index in [1.165, 1.54) is 11.0 Å². The molecule has 0 saturated heterocycles. The van der Waals surface area contributed by atoms with Gasteiger partial charge in [0.1, 0.15) is 6.04 Å². The number of benzene rings is 2. The van der Waals surface area contributed by atoms with E-state index in [1.54, 1.807) is 6.92 Å². The molecule has 0 unspecified atom stereocenters. The van der Waals surface area contributed by atoms with Gasteiger partial charge in [0.2, 0.25) is 21.8 Å². The van der Waals surface area contributed by atoms with Crippen molar-refractivity contribution in [2.75, 3.05) is 17.1 Å². The molecule has 1 aliphatic rings. The molecule has 3 rings (SSSR count). The number of carbonyl (C=O) groups is 2. The molecule has 0 aromatic heterocycles. The van der Waals surface area contributed by atoms with Crippen LogP contribution >= 0.6 is 0 Å². The van der Waals surface area contributed by atoms with Gasteiger partial charge in [0.25, 0.3) is 0 Å². The lowest BCUT2D eigenvalue weighted by Crippen LogP contribution is -2.49. The minimum atomic E-state index is -3.81. The van der Waals surface area contributed by atoms with E-state index in [1.807, 2.05) is 31.2 Å². The molecule has 10 heteroatoms. The van der Waals surface area contributed by atoms with Gasteiger partial charge < -0.3 is 10.2 Å². The zero-order valence-corrected chi connectivity index (χ0v) is 22.4. The summed E-state index contributed by atoms with van der Waals surface area (Å²) in [5.41, 5.74) is 1.89. The van der Waals surface area contributed by atoms with Crippen LogP contribution in [0.15, 0.2) is 42.5 Å². The first-order chi connectivity index (χ1) is 17.5. The highest BCUT2D eigenvalue weighted by Crippen LogP contribution is 2.22. The SMILES string of the molecule is Cc1ccccc1CN(C(=O)CCCN(c1ccc(F)c(F)c1)S(C)(=O)=O)[C@H](C)C(=O)NC1CCCC1. The average molecular weight is 536 g/mol. The average Bonchev–Trinajstić information content (AvgIpc) is 3.35. The van der Waals surface area contributed by atoms with Crippen LogP contribution in [0.5, 0.6) is 0 Å². The van der Waals surface area contributed by atoms with E-state index in [-0.39, 0.29) is 49.5 Å². The molecule has 2 amide bonds. The zero-order chi connectivity index (χ0) is 27.2. The predicted octanol–water partition coefficient (Wildman–Crippen LogP) is 4.30. The van der Waals surface area contributed by atoms with E-state index in [4.69, 9.17) is 0 Å². The number of sulfonamides is 1. The minimum Gasteiger partial charge on any atom is -0.352 e. The minimum absolute atomic E-state index is 0.0186. The van der Waals surface area contributed by atoms with Gasteiger partial charge in [-0.05, 0) is 56.4 Å². The molecule has 1 fully saturated rings. The van der Waals surface area contributed by atoms with Crippen molar-refractivity contribution >= 4 is 27.5 Å². The predicted molar refractivity (Wildman–Crippen MR) is 139 cm³/mol. The number of amides is 2. The highest BCUT2D eigenvalue weighted by atomic mass is 32.2. The molecule has 0 bridgehead atoms. The Bertz CT molecular complexity index is 1220. The highest BCUT2D eigenvalue weighted by Gasteiger charge is 2.29. The molecule has 0 heterocycles. The van der Waals surface area contributed by atoms with Crippen LogP contribution < -0.4 is 9.62 Å². The van der Waals surface area contributed by atoms with Gasteiger partial charge in [0, 0.05) is 31.6 Å². The summed E-state index contributed by atoms with van der Waals surface area (Å²) < 4.78 is 52.7. The third-order valence-corrected chi connectivity index (χ3v) is 8.01. The number of aryl methyl sites for hydroxylation is 1. The number of rotatable bonds is 11. The largest absolute Gasteiger partial charge is 0.352 e. The lowest BCUT2D eigenvalue weighted by Gasteiger charge is -2.30. The van der Waals surface area contributed by atoms with Gasteiger partial charge in [-0.2, -0.15) is 0 Å². The van der Waals surface area contributed by atoms with Crippen LogP contribution in [-0.4, -0.2) is 50.0 Å². The van der Waals surface area contributed by atoms with E-state index < -0.39 is 27.7 Å². The van der Waals surface area contributed by atoms with Crippen molar-refractivity contribution in [1.82, 2.24) is 10.2 Å². The number of nitrogens with one attached hydrogen (secondary N) is 1. The second-order valence-corrected chi connectivity index (χ2v) is 11.6. The van der Waals surface area contributed by atoms with Crippen LogP contribution in [0.1, 0.15) is 56.6 Å². The zero-order valence-electron chi connectivity index (χ0n) is 21.5. The van der Waals surface area contributed by atoms with Crippen LogP contribution in [0.3, 0.4) is 0 Å². The first kappa shape index (κ1) is 28.6. The smallest absolute Gasteiger partial charge is 0.242 e. The highest BCUT2D eigenvalue weighted by molar-refractivity contribution is 7.92. The number of halogens is 2. The van der Waals surface area contributed by atoms with Gasteiger partial charge in [0.15, 0.2) is 11.6 Å². The van der Waals surface area contributed by atoms with E-state index in [9.17, 15) is 26.8 Å². The van der Waals surface area contributed by atoms with E-state index in [0.717, 1.165) is 59.5 Å². The quantitative estimate of drug-likeness (QED) is 0.465. The Balaban J connectivity index is 1.73. The van der Waals surface area contributed by atoms with Gasteiger partial charge in [-0.15, -0.1) is 0 Å². The molecule has 1 aliphatic carbocycles. The van der Waals surface area contributed by atoms with E-state index in [0.29, 0.717) is 0 Å². The van der Waals surface area contributed by atoms with Crippen LogP contribution in [0.25, 0.3) is 0 Å². The molecule has 2 aromatic carbocycles. The van der Waals surface area contributed by atoms with Crippen molar-refractivity contribution in [3.63, 3.8) is 0 Å². The monoisotopic (exact) mass is 535 g/mol. The van der Waals surface area contributed by atoms with Crippen molar-refractivity contribution in [2.45, 2.75) is 71.0 Å². The maximum absolute atomic E-state index is 13.7. The van der Waals surface area contributed by atoms with Gasteiger partial charge in [0.05, 0.1) is 11.9 Å². The summed E-state index contributed by atoms with van der Waals surface area (Å²) in [6, 6.07) is 9.88. The normalized spacial score (nSPS) is 14.8. The van der Waals surface area contributed by atoms with Crippen LogP contribution in [0.2, 0.25) is 0 Å². The molecule has 202 valence electrons. The van der Waals surface area contributed by atoms with Gasteiger partial charge in [-0.1, -0.05) is 37.1 Å². The third-order valence-electron chi connectivity index (χ3n) is 6.81. The number of anilines is 1. The topological polar surface area (TPSA) is 86.8 Å². The summed E-state index contributed by atoms with van der Waals surface area (Å²) in [6.07, 6.45) is 5.07. The molecular formula is C27H35F2N3O4S. The molecule has 0 spiro atoms. The molecule has 1 atom stereocenters. The van der Waals surface area contributed by atoms with Gasteiger partial charge >= 0.3 is 0 Å². The number of nitrogens with zero attached hydrogens (tertiary/aromatic N) is 2. The second-order valence-electron chi connectivity index (χ2n) is 9.65. The van der Waals surface area contributed by atoms with Crippen LogP contribution in [0.4, 0.5) is 14.5 Å². The third kappa shape index (κ3) is 7.74. The lowest BCUT2D eigenvalue weighted by atomic mass is 10.1. The number of carbonyl (C=O) groups excluding carboxylic acids is 2. The van der Waals surface area contributed by atoms with Crippen LogP contribution in [-0.2, 0) is 26.2 Å². The maximum atomic E-state index is 13.7. The molecule has 0 aliphatic heterocycles. The standard InChI is InChI=1S/C27H35F2N3O4S/c1-19-9-4-5-10-21(19)18-31(20(2)27(34)30-22-11-6-7-12-22)26(33)13-8-16-32(37(3,35)36)23-14-15-24(28)25(29)17-23/h4-5,9-10,14-15,17,20,22H,6-8,11-13,16,18H2,1-3H3,(H,30,34)/t20-/m1/s1. The Labute approximate surface area is 217 Å². The molecule has 7 nitrogen and oxygen atoms in total. The number of hydrogen-bond donors (Lipinski definition) is 1. The fourth-order valence-corrected chi connectivity index (χ4v) is 5.55. The van der Waals surface area contributed by atoms with Crippen molar-refractivity contribution in [3.05, 3.63) is 65.2 Å². The Morgan fingerprint density at radius 3 is 2.38 bits per heavy atom. The van der Waals surface area contributed by atoms with E-state index >= 15 is 0 Å². The molecule has 1 N–H and O–H groups in total. The molecular weight excluding hydrogens is 500 g/mol. The molecule has 0 radical (unpaired) electrons. The fourth-order valence-electron chi connectivity index (χ4n) is 4.59. The van der Waals surface area contributed by atoms with Crippen molar-refractivity contribution in [1.29, 1.82) is 0 Å². The lowest BCUT2D eigenvalue weighted by molar-refractivity contribution is -0.141. The van der Waals surface area contributed by atoms with Crippen LogP contribution in [0, 0.1) is 18.6 Å². The molecule has 1 saturated carbocycles. The Kier molecular flexibility index (Phi) is 9.64.